The zero-order valence-corrected chi connectivity index (χ0v) is 20.2. The Balaban J connectivity index is 1.36. The summed E-state index contributed by atoms with van der Waals surface area (Å²) in [5, 5.41) is 5.07. The molecular weight excluding hydrogens is 467 g/mol. The van der Waals surface area contributed by atoms with Crippen LogP contribution in [0.4, 0.5) is 9.52 Å². The van der Waals surface area contributed by atoms with Gasteiger partial charge in [0.25, 0.3) is 5.91 Å². The van der Waals surface area contributed by atoms with Gasteiger partial charge in [0, 0.05) is 22.1 Å². The second kappa shape index (κ2) is 10.5. The first-order chi connectivity index (χ1) is 16.8. The Morgan fingerprint density at radius 1 is 1.00 bits per heavy atom. The highest BCUT2D eigenvalue weighted by molar-refractivity contribution is 7.14. The van der Waals surface area contributed by atoms with Crippen LogP contribution < -0.4 is 14.8 Å². The van der Waals surface area contributed by atoms with Crippen molar-refractivity contribution in [3.8, 4) is 22.8 Å². The van der Waals surface area contributed by atoms with Crippen molar-refractivity contribution in [3.63, 3.8) is 0 Å². The number of carbonyl (C=O) groups is 2. The molecule has 0 bridgehead atoms. The average molecular weight is 491 g/mol. The lowest BCUT2D eigenvalue weighted by Crippen LogP contribution is -2.20. The van der Waals surface area contributed by atoms with Crippen molar-refractivity contribution in [1.29, 1.82) is 0 Å². The molecule has 0 aliphatic heterocycles. The number of amides is 1. The third-order valence-electron chi connectivity index (χ3n) is 5.37. The molecule has 0 spiro atoms. The Labute approximate surface area is 206 Å². The number of ether oxygens (including phenoxy) is 2. The van der Waals surface area contributed by atoms with Gasteiger partial charge in [-0.05, 0) is 85.6 Å². The maximum absolute atomic E-state index is 13.4. The number of nitrogens with one attached hydrogen (secondary N) is 1. The first-order valence-electron chi connectivity index (χ1n) is 10.8. The van der Waals surface area contributed by atoms with E-state index in [0.29, 0.717) is 33.1 Å². The lowest BCUT2D eigenvalue weighted by molar-refractivity contribution is -0.118. The predicted octanol–water partition coefficient (Wildman–Crippen LogP) is 5.82. The molecule has 0 fully saturated rings. The normalized spacial score (nSPS) is 10.6. The third-order valence-corrected chi connectivity index (χ3v) is 6.12. The Morgan fingerprint density at radius 2 is 1.77 bits per heavy atom. The number of aromatic nitrogens is 1. The molecule has 3 aromatic carbocycles. The number of rotatable bonds is 8. The van der Waals surface area contributed by atoms with E-state index < -0.39 is 0 Å². The number of methoxy groups -OCH3 is 1. The molecule has 8 heteroatoms. The van der Waals surface area contributed by atoms with Crippen LogP contribution in [0, 0.1) is 19.7 Å². The molecule has 0 saturated heterocycles. The summed E-state index contributed by atoms with van der Waals surface area (Å²) in [5.41, 5.74) is 3.85. The number of halogens is 1. The van der Waals surface area contributed by atoms with Crippen LogP contribution in [0.1, 0.15) is 27.0 Å². The van der Waals surface area contributed by atoms with Crippen molar-refractivity contribution in [3.05, 3.63) is 94.1 Å². The van der Waals surface area contributed by atoms with Gasteiger partial charge in [0.2, 0.25) is 0 Å². The van der Waals surface area contributed by atoms with Gasteiger partial charge in [-0.15, -0.1) is 11.3 Å². The number of aryl methyl sites for hydroxylation is 2. The van der Waals surface area contributed by atoms with Crippen LogP contribution >= 0.6 is 11.3 Å². The fourth-order valence-electron chi connectivity index (χ4n) is 3.51. The molecule has 0 radical (unpaired) electrons. The number of hydrogen-bond donors (Lipinski definition) is 1. The number of benzene rings is 3. The molecule has 1 amide bonds. The smallest absolute Gasteiger partial charge is 0.264 e. The average Bonchev–Trinajstić information content (AvgIpc) is 3.31. The van der Waals surface area contributed by atoms with E-state index >= 15 is 0 Å². The summed E-state index contributed by atoms with van der Waals surface area (Å²) in [4.78, 5) is 29.6. The maximum atomic E-state index is 13.4. The summed E-state index contributed by atoms with van der Waals surface area (Å²) >= 11 is 1.32. The van der Waals surface area contributed by atoms with Crippen molar-refractivity contribution in [2.75, 3.05) is 19.0 Å². The lowest BCUT2D eigenvalue weighted by atomic mass is 9.98. The van der Waals surface area contributed by atoms with Crippen molar-refractivity contribution in [1.82, 2.24) is 4.98 Å². The van der Waals surface area contributed by atoms with Crippen LogP contribution in [0.25, 0.3) is 11.3 Å². The van der Waals surface area contributed by atoms with Gasteiger partial charge in [-0.1, -0.05) is 0 Å². The molecule has 178 valence electrons. The van der Waals surface area contributed by atoms with E-state index in [9.17, 15) is 14.0 Å². The molecule has 1 aromatic heterocycles. The molecule has 0 unspecified atom stereocenters. The van der Waals surface area contributed by atoms with E-state index in [0.717, 1.165) is 17.0 Å². The largest absolute Gasteiger partial charge is 0.497 e. The van der Waals surface area contributed by atoms with Crippen molar-refractivity contribution in [2.24, 2.45) is 0 Å². The van der Waals surface area contributed by atoms with Gasteiger partial charge in [0.15, 0.2) is 17.5 Å². The van der Waals surface area contributed by atoms with Crippen LogP contribution in [0.15, 0.2) is 66.0 Å². The number of thiazole rings is 1. The molecule has 35 heavy (non-hydrogen) atoms. The van der Waals surface area contributed by atoms with Crippen LogP contribution in [0.3, 0.4) is 0 Å². The van der Waals surface area contributed by atoms with Gasteiger partial charge >= 0.3 is 0 Å². The predicted molar refractivity (Wildman–Crippen MR) is 134 cm³/mol. The minimum Gasteiger partial charge on any atom is -0.497 e. The van der Waals surface area contributed by atoms with Gasteiger partial charge in [0.05, 0.1) is 12.8 Å². The second-order valence-electron chi connectivity index (χ2n) is 7.87. The van der Waals surface area contributed by atoms with Crippen molar-refractivity contribution in [2.45, 2.75) is 13.8 Å². The van der Waals surface area contributed by atoms with Gasteiger partial charge in [0.1, 0.15) is 17.3 Å². The van der Waals surface area contributed by atoms with E-state index in [1.807, 2.05) is 29.6 Å². The Hall–Kier alpha value is -4.04. The molecular formula is C27H23FN2O4S. The van der Waals surface area contributed by atoms with Crippen LogP contribution in [0.2, 0.25) is 0 Å². The molecule has 0 aliphatic carbocycles. The van der Waals surface area contributed by atoms with Crippen LogP contribution in [-0.4, -0.2) is 30.4 Å². The minimum absolute atomic E-state index is 0.202. The summed E-state index contributed by atoms with van der Waals surface area (Å²) in [7, 11) is 1.61. The SMILES string of the molecule is COc1ccc(-c2csc(NC(=O)COc3ccc(C(=O)c4ccc(F)cc4C)cc3C)n2)cc1. The fourth-order valence-corrected chi connectivity index (χ4v) is 4.25. The Kier molecular flexibility index (Phi) is 7.22. The summed E-state index contributed by atoms with van der Waals surface area (Å²) < 4.78 is 24.2. The van der Waals surface area contributed by atoms with Gasteiger partial charge in [-0.25, -0.2) is 9.37 Å². The minimum atomic E-state index is -0.382. The second-order valence-corrected chi connectivity index (χ2v) is 8.73. The highest BCUT2D eigenvalue weighted by Crippen LogP contribution is 2.27. The number of hydrogen-bond acceptors (Lipinski definition) is 6. The molecule has 1 N–H and O–H groups in total. The van der Waals surface area contributed by atoms with Gasteiger partial charge in [-0.2, -0.15) is 0 Å². The summed E-state index contributed by atoms with van der Waals surface area (Å²) in [6.45, 7) is 3.29. The Bertz CT molecular complexity index is 1380. The van der Waals surface area contributed by atoms with Crippen molar-refractivity contribution >= 4 is 28.2 Å². The Morgan fingerprint density at radius 3 is 2.46 bits per heavy atom. The topological polar surface area (TPSA) is 77.5 Å². The molecule has 6 nitrogen and oxygen atoms in total. The van der Waals surface area contributed by atoms with E-state index in [-0.39, 0.29) is 24.1 Å². The molecule has 0 saturated carbocycles. The molecule has 4 aromatic rings. The first kappa shape index (κ1) is 24.1. The van der Waals surface area contributed by atoms with Crippen molar-refractivity contribution < 1.29 is 23.5 Å². The molecule has 1 heterocycles. The number of nitrogens with zero attached hydrogens (tertiary/aromatic N) is 1. The van der Waals surface area contributed by atoms with Gasteiger partial charge < -0.3 is 9.47 Å². The fraction of sp³-hybridized carbons (Fsp3) is 0.148. The zero-order chi connectivity index (χ0) is 24.9. The summed E-state index contributed by atoms with van der Waals surface area (Å²) in [5.74, 6) is 0.318. The number of carbonyl (C=O) groups excluding carboxylic acids is 2. The standard InChI is InChI=1S/C27H23FN2O4S/c1-16-13-20(28)7-10-22(16)26(32)19-6-11-24(17(2)12-19)34-14-25(31)30-27-29-23(15-35-27)18-4-8-21(33-3)9-5-18/h4-13,15H,14H2,1-3H3,(H,29,30,31). The third kappa shape index (κ3) is 5.73. The monoisotopic (exact) mass is 490 g/mol. The van der Waals surface area contributed by atoms with Crippen LogP contribution in [-0.2, 0) is 4.79 Å². The highest BCUT2D eigenvalue weighted by Gasteiger charge is 2.15. The van der Waals surface area contributed by atoms with E-state index in [1.54, 1.807) is 39.2 Å². The van der Waals surface area contributed by atoms with Crippen LogP contribution in [0.5, 0.6) is 11.5 Å². The van der Waals surface area contributed by atoms with E-state index in [2.05, 4.69) is 10.3 Å². The quantitative estimate of drug-likeness (QED) is 0.315. The molecule has 0 atom stereocenters. The number of ketones is 1. The summed E-state index contributed by atoms with van der Waals surface area (Å²) in [6, 6.07) is 16.6. The highest BCUT2D eigenvalue weighted by atomic mass is 32.1. The van der Waals surface area contributed by atoms with E-state index in [4.69, 9.17) is 9.47 Å². The lowest BCUT2D eigenvalue weighted by Gasteiger charge is -2.11. The summed E-state index contributed by atoms with van der Waals surface area (Å²) in [6.07, 6.45) is 0. The maximum Gasteiger partial charge on any atom is 0.264 e. The van der Waals surface area contributed by atoms with Gasteiger partial charge in [-0.3, -0.25) is 14.9 Å². The zero-order valence-electron chi connectivity index (χ0n) is 19.4. The first-order valence-corrected chi connectivity index (χ1v) is 11.7. The van der Waals surface area contributed by atoms with E-state index in [1.165, 1.54) is 29.5 Å². The number of anilines is 1. The molecule has 0 aliphatic rings. The molecule has 4 rings (SSSR count).